The Morgan fingerprint density at radius 1 is 1.56 bits per heavy atom. The molecule has 0 saturated carbocycles. The monoisotopic (exact) mass is 256 g/mol. The Balaban J connectivity index is 2.86. The van der Waals surface area contributed by atoms with E-state index in [1.807, 2.05) is 13.8 Å². The number of aliphatic hydroxyl groups excluding tert-OH is 1. The smallest absolute Gasteiger partial charge is 0.326 e. The minimum atomic E-state index is -1.08. The summed E-state index contributed by atoms with van der Waals surface area (Å²) in [5, 5.41) is 18.6. The zero-order valence-corrected chi connectivity index (χ0v) is 10.7. The van der Waals surface area contributed by atoms with E-state index < -0.39 is 18.1 Å². The van der Waals surface area contributed by atoms with Crippen molar-refractivity contribution < 1.29 is 19.8 Å². The van der Waals surface area contributed by atoms with Crippen LogP contribution in [0, 0.1) is 0 Å². The van der Waals surface area contributed by atoms with Crippen LogP contribution in [0.5, 0.6) is 0 Å². The highest BCUT2D eigenvalue weighted by molar-refractivity contribution is 5.83. The molecule has 0 unspecified atom stereocenters. The highest BCUT2D eigenvalue weighted by Crippen LogP contribution is 2.20. The summed E-state index contributed by atoms with van der Waals surface area (Å²) in [6.45, 7) is 7.71. The van der Waals surface area contributed by atoms with E-state index in [-0.39, 0.29) is 25.0 Å². The average molecular weight is 256 g/mol. The fourth-order valence-corrected chi connectivity index (χ4v) is 2.07. The lowest BCUT2D eigenvalue weighted by molar-refractivity contribution is -0.141. The van der Waals surface area contributed by atoms with Gasteiger partial charge in [0.05, 0.1) is 6.10 Å². The highest BCUT2D eigenvalue weighted by Gasteiger charge is 2.40. The molecule has 1 aliphatic rings. The van der Waals surface area contributed by atoms with Crippen LogP contribution in [0.4, 0.5) is 4.79 Å². The van der Waals surface area contributed by atoms with Crippen molar-refractivity contribution in [3.05, 3.63) is 12.7 Å². The molecule has 1 aliphatic heterocycles. The van der Waals surface area contributed by atoms with Crippen molar-refractivity contribution in [2.24, 2.45) is 0 Å². The number of hydrogen-bond donors (Lipinski definition) is 2. The molecule has 1 fully saturated rings. The van der Waals surface area contributed by atoms with Gasteiger partial charge in [-0.05, 0) is 13.8 Å². The molecule has 2 atom stereocenters. The fourth-order valence-electron chi connectivity index (χ4n) is 2.07. The second-order valence-electron chi connectivity index (χ2n) is 4.71. The van der Waals surface area contributed by atoms with E-state index >= 15 is 0 Å². The minimum Gasteiger partial charge on any atom is -0.480 e. The van der Waals surface area contributed by atoms with E-state index in [0.29, 0.717) is 6.54 Å². The van der Waals surface area contributed by atoms with Gasteiger partial charge in [-0.3, -0.25) is 0 Å². The van der Waals surface area contributed by atoms with Crippen LogP contribution in [0.25, 0.3) is 0 Å². The number of carboxylic acid groups (broad SMARTS) is 1. The molecule has 0 radical (unpaired) electrons. The number of urea groups is 1. The number of carbonyl (C=O) groups is 2. The lowest BCUT2D eigenvalue weighted by Gasteiger charge is -2.32. The number of aliphatic hydroxyl groups is 1. The van der Waals surface area contributed by atoms with Crippen molar-refractivity contribution in [1.82, 2.24) is 9.80 Å². The lowest BCUT2D eigenvalue weighted by Crippen LogP contribution is -2.50. The summed E-state index contributed by atoms with van der Waals surface area (Å²) in [6, 6.07) is -1.37. The third kappa shape index (κ3) is 3.01. The zero-order chi connectivity index (χ0) is 13.9. The van der Waals surface area contributed by atoms with Gasteiger partial charge in [-0.15, -0.1) is 6.58 Å². The van der Waals surface area contributed by atoms with Crippen LogP contribution in [0.15, 0.2) is 12.7 Å². The first-order valence-electron chi connectivity index (χ1n) is 5.97. The Hall–Kier alpha value is -1.56. The predicted molar refractivity (Wildman–Crippen MR) is 66.2 cm³/mol. The van der Waals surface area contributed by atoms with Crippen LogP contribution in [0.3, 0.4) is 0 Å². The fraction of sp³-hybridized carbons (Fsp3) is 0.667. The largest absolute Gasteiger partial charge is 0.480 e. The molecular formula is C12H20N2O4. The Kier molecular flexibility index (Phi) is 4.72. The number of hydrogen-bond acceptors (Lipinski definition) is 3. The normalized spacial score (nSPS) is 23.2. The van der Waals surface area contributed by atoms with Gasteiger partial charge >= 0.3 is 12.0 Å². The topological polar surface area (TPSA) is 81.1 Å². The van der Waals surface area contributed by atoms with Gasteiger partial charge in [-0.25, -0.2) is 9.59 Å². The molecule has 0 aromatic heterocycles. The summed E-state index contributed by atoms with van der Waals surface area (Å²) in [5.74, 6) is -1.08. The number of likely N-dealkylation sites (tertiary alicyclic amines) is 1. The first-order chi connectivity index (χ1) is 8.38. The van der Waals surface area contributed by atoms with Crippen LogP contribution in [-0.2, 0) is 4.79 Å². The van der Waals surface area contributed by atoms with Gasteiger partial charge < -0.3 is 20.0 Å². The Bertz CT molecular complexity index is 343. The molecule has 18 heavy (non-hydrogen) atoms. The Morgan fingerprint density at radius 3 is 2.61 bits per heavy atom. The van der Waals surface area contributed by atoms with Gasteiger partial charge in [0.15, 0.2) is 0 Å². The van der Waals surface area contributed by atoms with Crippen LogP contribution in [-0.4, -0.2) is 63.3 Å². The Morgan fingerprint density at radius 2 is 2.17 bits per heavy atom. The maximum atomic E-state index is 12.3. The van der Waals surface area contributed by atoms with Crippen LogP contribution >= 0.6 is 0 Å². The molecule has 1 heterocycles. The number of nitrogens with zero attached hydrogens (tertiary/aromatic N) is 2. The molecule has 0 aromatic carbocycles. The molecule has 6 nitrogen and oxygen atoms in total. The van der Waals surface area contributed by atoms with E-state index in [1.54, 1.807) is 6.08 Å². The summed E-state index contributed by atoms with van der Waals surface area (Å²) in [7, 11) is 0. The van der Waals surface area contributed by atoms with Crippen LogP contribution < -0.4 is 0 Å². The standard InChI is InChI=1S/C12H20N2O4/c1-4-5-13(8(2)3)12(18)14-7-9(15)6-10(14)11(16)17/h4,8-10,15H,1,5-7H2,2-3H3,(H,16,17)/t9-,10+/m1/s1. The first kappa shape index (κ1) is 14.5. The summed E-state index contributed by atoms with van der Waals surface area (Å²) in [5.41, 5.74) is 0. The van der Waals surface area contributed by atoms with Gasteiger partial charge in [0, 0.05) is 25.6 Å². The lowest BCUT2D eigenvalue weighted by atomic mass is 10.2. The molecule has 0 aromatic rings. The van der Waals surface area contributed by atoms with E-state index in [2.05, 4.69) is 6.58 Å². The quantitative estimate of drug-likeness (QED) is 0.719. The van der Waals surface area contributed by atoms with Crippen molar-refractivity contribution in [3.8, 4) is 0 Å². The summed E-state index contributed by atoms with van der Waals surface area (Å²) < 4.78 is 0. The van der Waals surface area contributed by atoms with Crippen molar-refractivity contribution in [2.75, 3.05) is 13.1 Å². The molecule has 1 rings (SSSR count). The Labute approximate surface area is 106 Å². The molecule has 1 saturated heterocycles. The molecule has 0 spiro atoms. The first-order valence-corrected chi connectivity index (χ1v) is 5.97. The number of β-amino-alcohol motifs (C(OH)–C–C–N with tert-alkyl or cyclic N) is 1. The zero-order valence-electron chi connectivity index (χ0n) is 10.7. The van der Waals surface area contributed by atoms with Gasteiger partial charge in [0.25, 0.3) is 0 Å². The van der Waals surface area contributed by atoms with Gasteiger partial charge in [-0.2, -0.15) is 0 Å². The van der Waals surface area contributed by atoms with Crippen molar-refractivity contribution in [1.29, 1.82) is 0 Å². The second-order valence-corrected chi connectivity index (χ2v) is 4.71. The van der Waals surface area contributed by atoms with Crippen molar-refractivity contribution in [3.63, 3.8) is 0 Å². The average Bonchev–Trinajstić information content (AvgIpc) is 2.67. The van der Waals surface area contributed by atoms with Gasteiger partial charge in [0.1, 0.15) is 6.04 Å². The van der Waals surface area contributed by atoms with E-state index in [1.165, 1.54) is 9.80 Å². The minimum absolute atomic E-state index is 0.0531. The second kappa shape index (κ2) is 5.86. The van der Waals surface area contributed by atoms with E-state index in [0.717, 1.165) is 0 Å². The molecule has 0 bridgehead atoms. The van der Waals surface area contributed by atoms with E-state index in [9.17, 15) is 14.7 Å². The van der Waals surface area contributed by atoms with Crippen LogP contribution in [0.2, 0.25) is 0 Å². The van der Waals surface area contributed by atoms with E-state index in [4.69, 9.17) is 5.11 Å². The molecular weight excluding hydrogens is 236 g/mol. The number of rotatable bonds is 4. The summed E-state index contributed by atoms with van der Waals surface area (Å²) in [6.07, 6.45) is 0.911. The number of carboxylic acids is 1. The highest BCUT2D eigenvalue weighted by atomic mass is 16.4. The molecule has 2 amide bonds. The van der Waals surface area contributed by atoms with Crippen molar-refractivity contribution in [2.45, 2.75) is 38.5 Å². The van der Waals surface area contributed by atoms with Gasteiger partial charge in [-0.1, -0.05) is 6.08 Å². The number of aliphatic carboxylic acids is 1. The van der Waals surface area contributed by atoms with Crippen molar-refractivity contribution >= 4 is 12.0 Å². The third-order valence-corrected chi connectivity index (χ3v) is 3.00. The summed E-state index contributed by atoms with van der Waals surface area (Å²) in [4.78, 5) is 26.1. The maximum Gasteiger partial charge on any atom is 0.326 e. The number of amides is 2. The molecule has 6 heteroatoms. The third-order valence-electron chi connectivity index (χ3n) is 3.00. The molecule has 102 valence electrons. The maximum absolute atomic E-state index is 12.3. The molecule has 0 aliphatic carbocycles. The molecule has 2 N–H and O–H groups in total. The predicted octanol–water partition coefficient (Wildman–Crippen LogP) is 0.523. The van der Waals surface area contributed by atoms with Gasteiger partial charge in [0.2, 0.25) is 0 Å². The number of carbonyl (C=O) groups excluding carboxylic acids is 1. The van der Waals surface area contributed by atoms with Crippen LogP contribution in [0.1, 0.15) is 20.3 Å². The SMILES string of the molecule is C=CCN(C(=O)N1C[C@H](O)C[C@H]1C(=O)O)C(C)C. The summed E-state index contributed by atoms with van der Waals surface area (Å²) >= 11 is 0.